The Morgan fingerprint density at radius 3 is 2.45 bits per heavy atom. The fraction of sp³-hybridized carbons (Fsp3) is 1.00. The van der Waals surface area contributed by atoms with E-state index in [4.69, 9.17) is 0 Å². The molecule has 68 valence electrons. The van der Waals surface area contributed by atoms with E-state index in [1.807, 2.05) is 6.92 Å². The Morgan fingerprint density at radius 2 is 1.91 bits per heavy atom. The Hall–Kier alpha value is 0.110. The standard InChI is InChI=1S/C8H19NOS/c1-3-5-6-7-8-11(10)9-4-2/h9H,3-8H2,1-2H3/t11-/m1/s1. The molecule has 0 amide bonds. The van der Waals surface area contributed by atoms with E-state index in [1.165, 1.54) is 19.3 Å². The SMILES string of the molecule is CCCCCC[S@@](=O)NCC. The molecule has 0 saturated carbocycles. The third kappa shape index (κ3) is 8.01. The molecule has 0 aliphatic rings. The molecule has 1 N–H and O–H groups in total. The Kier molecular flexibility index (Phi) is 8.29. The summed E-state index contributed by atoms with van der Waals surface area (Å²) in [4.78, 5) is 0. The second-order valence-corrected chi connectivity index (χ2v) is 4.00. The molecule has 0 aromatic heterocycles. The van der Waals surface area contributed by atoms with Crippen molar-refractivity contribution < 1.29 is 4.21 Å². The van der Waals surface area contributed by atoms with Crippen LogP contribution in [-0.2, 0) is 11.0 Å². The zero-order valence-electron chi connectivity index (χ0n) is 7.56. The first kappa shape index (κ1) is 11.1. The van der Waals surface area contributed by atoms with Crippen molar-refractivity contribution >= 4 is 11.0 Å². The second-order valence-electron chi connectivity index (χ2n) is 2.61. The molecule has 11 heavy (non-hydrogen) atoms. The molecule has 0 rings (SSSR count). The van der Waals surface area contributed by atoms with Crippen molar-refractivity contribution in [3.05, 3.63) is 0 Å². The molecule has 3 heteroatoms. The molecule has 1 atom stereocenters. The molecule has 0 aliphatic carbocycles. The Balaban J connectivity index is 3.04. The van der Waals surface area contributed by atoms with Gasteiger partial charge in [0, 0.05) is 12.3 Å². The highest BCUT2D eigenvalue weighted by molar-refractivity contribution is 7.82. The number of hydrogen-bond donors (Lipinski definition) is 1. The Bertz CT molecular complexity index is 106. The summed E-state index contributed by atoms with van der Waals surface area (Å²) < 4.78 is 13.9. The lowest BCUT2D eigenvalue weighted by molar-refractivity contribution is 0.660. The number of hydrogen-bond acceptors (Lipinski definition) is 1. The predicted octanol–water partition coefficient (Wildman–Crippen LogP) is 1.84. The van der Waals surface area contributed by atoms with Crippen LogP contribution >= 0.6 is 0 Å². The van der Waals surface area contributed by atoms with E-state index < -0.39 is 11.0 Å². The first-order valence-corrected chi connectivity index (χ1v) is 5.75. The largest absolute Gasteiger partial charge is 0.243 e. The van der Waals surface area contributed by atoms with Gasteiger partial charge in [0.2, 0.25) is 0 Å². The molecule has 0 unspecified atom stereocenters. The average Bonchev–Trinajstić information content (AvgIpc) is 1.99. The summed E-state index contributed by atoms with van der Waals surface area (Å²) in [6, 6.07) is 0. The lowest BCUT2D eigenvalue weighted by Gasteiger charge is -2.00. The van der Waals surface area contributed by atoms with Crippen molar-refractivity contribution in [2.75, 3.05) is 12.3 Å². The van der Waals surface area contributed by atoms with Crippen LogP contribution in [0.25, 0.3) is 0 Å². The molecule has 0 aliphatic heterocycles. The van der Waals surface area contributed by atoms with Gasteiger partial charge in [0.05, 0.1) is 11.0 Å². The van der Waals surface area contributed by atoms with Crippen molar-refractivity contribution in [3.63, 3.8) is 0 Å². The first-order valence-electron chi connectivity index (χ1n) is 4.43. The molecule has 0 spiro atoms. The van der Waals surface area contributed by atoms with Gasteiger partial charge in [0.25, 0.3) is 0 Å². The quantitative estimate of drug-likeness (QED) is 0.591. The predicted molar refractivity (Wildman–Crippen MR) is 50.8 cm³/mol. The third-order valence-corrected chi connectivity index (χ3v) is 2.76. The molecule has 0 saturated heterocycles. The van der Waals surface area contributed by atoms with E-state index in [9.17, 15) is 4.21 Å². The van der Waals surface area contributed by atoms with Crippen LogP contribution in [0.15, 0.2) is 0 Å². The van der Waals surface area contributed by atoms with Crippen molar-refractivity contribution in [1.29, 1.82) is 0 Å². The second kappa shape index (κ2) is 8.21. The summed E-state index contributed by atoms with van der Waals surface area (Å²) in [6.45, 7) is 4.96. The summed E-state index contributed by atoms with van der Waals surface area (Å²) in [5, 5.41) is 0. The maximum atomic E-state index is 11.0. The van der Waals surface area contributed by atoms with Crippen LogP contribution in [0.4, 0.5) is 0 Å². The van der Waals surface area contributed by atoms with Crippen LogP contribution in [-0.4, -0.2) is 16.5 Å². The van der Waals surface area contributed by atoms with E-state index >= 15 is 0 Å². The van der Waals surface area contributed by atoms with E-state index in [1.54, 1.807) is 0 Å². The van der Waals surface area contributed by atoms with Crippen molar-refractivity contribution in [2.24, 2.45) is 0 Å². The summed E-state index contributed by atoms with van der Waals surface area (Å²) in [6.07, 6.45) is 4.82. The van der Waals surface area contributed by atoms with Gasteiger partial charge in [-0.25, -0.2) is 8.93 Å². The zero-order valence-corrected chi connectivity index (χ0v) is 8.38. The summed E-state index contributed by atoms with van der Waals surface area (Å²) in [5.74, 6) is 0.813. The van der Waals surface area contributed by atoms with Gasteiger partial charge in [-0.15, -0.1) is 0 Å². The molecule has 0 heterocycles. The summed E-state index contributed by atoms with van der Waals surface area (Å²) in [5.41, 5.74) is 0. The average molecular weight is 177 g/mol. The highest BCUT2D eigenvalue weighted by Crippen LogP contribution is 1.98. The van der Waals surface area contributed by atoms with Gasteiger partial charge < -0.3 is 0 Å². The molecular formula is C8H19NOS. The first-order chi connectivity index (χ1) is 5.31. The maximum absolute atomic E-state index is 11.0. The van der Waals surface area contributed by atoms with E-state index in [2.05, 4.69) is 11.6 Å². The van der Waals surface area contributed by atoms with Crippen molar-refractivity contribution in [1.82, 2.24) is 4.72 Å². The molecule has 0 aromatic carbocycles. The fourth-order valence-electron chi connectivity index (χ4n) is 0.893. The normalized spacial score (nSPS) is 13.3. The lowest BCUT2D eigenvalue weighted by atomic mass is 10.2. The van der Waals surface area contributed by atoms with Crippen LogP contribution in [0.1, 0.15) is 39.5 Å². The zero-order chi connectivity index (χ0) is 8.53. The van der Waals surface area contributed by atoms with E-state index in [-0.39, 0.29) is 0 Å². The molecule has 0 fully saturated rings. The minimum Gasteiger partial charge on any atom is -0.243 e. The minimum atomic E-state index is -0.774. The van der Waals surface area contributed by atoms with Gasteiger partial charge in [0.1, 0.15) is 0 Å². The minimum absolute atomic E-state index is 0.774. The van der Waals surface area contributed by atoms with Gasteiger partial charge in [-0.3, -0.25) is 0 Å². The monoisotopic (exact) mass is 177 g/mol. The topological polar surface area (TPSA) is 29.1 Å². The van der Waals surface area contributed by atoms with Gasteiger partial charge in [0.15, 0.2) is 0 Å². The van der Waals surface area contributed by atoms with Crippen LogP contribution in [0, 0.1) is 0 Å². The molecule has 0 bridgehead atoms. The van der Waals surface area contributed by atoms with E-state index in [0.29, 0.717) is 0 Å². The maximum Gasteiger partial charge on any atom is 0.0915 e. The Morgan fingerprint density at radius 1 is 1.18 bits per heavy atom. The Labute approximate surface area is 72.4 Å². The van der Waals surface area contributed by atoms with Crippen LogP contribution in [0.3, 0.4) is 0 Å². The van der Waals surface area contributed by atoms with Gasteiger partial charge in [-0.2, -0.15) is 0 Å². The highest BCUT2D eigenvalue weighted by atomic mass is 32.2. The molecule has 2 nitrogen and oxygen atoms in total. The van der Waals surface area contributed by atoms with Crippen molar-refractivity contribution in [2.45, 2.75) is 39.5 Å². The van der Waals surface area contributed by atoms with E-state index in [0.717, 1.165) is 18.7 Å². The van der Waals surface area contributed by atoms with Crippen LogP contribution < -0.4 is 4.72 Å². The van der Waals surface area contributed by atoms with Crippen LogP contribution in [0.2, 0.25) is 0 Å². The van der Waals surface area contributed by atoms with Gasteiger partial charge in [-0.1, -0.05) is 33.1 Å². The molecule has 0 aromatic rings. The number of rotatable bonds is 7. The smallest absolute Gasteiger partial charge is 0.0915 e. The van der Waals surface area contributed by atoms with Crippen molar-refractivity contribution in [3.8, 4) is 0 Å². The van der Waals surface area contributed by atoms with Crippen LogP contribution in [0.5, 0.6) is 0 Å². The summed E-state index contributed by atoms with van der Waals surface area (Å²) >= 11 is 0. The molecular weight excluding hydrogens is 158 g/mol. The lowest BCUT2D eigenvalue weighted by Crippen LogP contribution is -2.18. The number of nitrogens with one attached hydrogen (secondary N) is 1. The fourth-order valence-corrected chi connectivity index (χ4v) is 1.83. The van der Waals surface area contributed by atoms with Gasteiger partial charge >= 0.3 is 0 Å². The molecule has 0 radical (unpaired) electrons. The number of unbranched alkanes of at least 4 members (excludes halogenated alkanes) is 3. The highest BCUT2D eigenvalue weighted by Gasteiger charge is 1.95. The van der Waals surface area contributed by atoms with Gasteiger partial charge in [-0.05, 0) is 6.42 Å². The summed E-state index contributed by atoms with van der Waals surface area (Å²) in [7, 11) is -0.774. The third-order valence-electron chi connectivity index (χ3n) is 1.49.